The molecule has 0 N–H and O–H groups in total. The van der Waals surface area contributed by atoms with Crippen LogP contribution in [0.2, 0.25) is 5.02 Å². The van der Waals surface area contributed by atoms with Gasteiger partial charge < -0.3 is 14.4 Å². The van der Waals surface area contributed by atoms with Gasteiger partial charge in [0.15, 0.2) is 6.04 Å². The lowest BCUT2D eigenvalue weighted by molar-refractivity contribution is -0.137. The molecule has 0 spiro atoms. The summed E-state index contributed by atoms with van der Waals surface area (Å²) in [5.41, 5.74) is -0.526. The van der Waals surface area contributed by atoms with Gasteiger partial charge in [0, 0.05) is 24.5 Å². The monoisotopic (exact) mass is 443 g/mol. The van der Waals surface area contributed by atoms with Crippen molar-refractivity contribution < 1.29 is 32.2 Å². The molecule has 1 atom stereocenters. The van der Waals surface area contributed by atoms with E-state index >= 15 is 0 Å². The van der Waals surface area contributed by atoms with Crippen LogP contribution in [-0.2, 0) is 15.7 Å². The summed E-state index contributed by atoms with van der Waals surface area (Å²) in [4.78, 5) is 31.4. The number of alkyl halides is 3. The third-order valence-electron chi connectivity index (χ3n) is 4.52. The van der Waals surface area contributed by atoms with Gasteiger partial charge in [-0.2, -0.15) is 13.2 Å². The Morgan fingerprint density at radius 3 is 2.67 bits per heavy atom. The zero-order valence-electron chi connectivity index (χ0n) is 16.2. The second-order valence-electron chi connectivity index (χ2n) is 6.53. The molecule has 11 heteroatoms. The molecule has 7 nitrogen and oxygen atoms in total. The van der Waals surface area contributed by atoms with Gasteiger partial charge in [-0.25, -0.2) is 14.7 Å². The van der Waals surface area contributed by atoms with Crippen LogP contribution in [0.1, 0.15) is 11.3 Å². The Labute approximate surface area is 174 Å². The van der Waals surface area contributed by atoms with E-state index in [1.165, 1.54) is 38.1 Å². The van der Waals surface area contributed by atoms with Crippen LogP contribution in [0.5, 0.6) is 5.75 Å². The number of halogens is 4. The van der Waals surface area contributed by atoms with Crippen molar-refractivity contribution in [2.45, 2.75) is 19.1 Å². The molecule has 1 fully saturated rings. The second-order valence-corrected chi connectivity index (χ2v) is 6.94. The number of likely N-dealkylation sites (N-methyl/N-ethyl adjacent to an activating group) is 1. The molecule has 1 aliphatic heterocycles. The highest BCUT2D eigenvalue weighted by Crippen LogP contribution is 2.34. The molecule has 2 aromatic rings. The van der Waals surface area contributed by atoms with Crippen LogP contribution in [0.4, 0.5) is 29.5 Å². The number of pyridine rings is 1. The highest BCUT2D eigenvalue weighted by atomic mass is 35.5. The second kappa shape index (κ2) is 8.02. The van der Waals surface area contributed by atoms with E-state index in [1.807, 2.05) is 0 Å². The predicted molar refractivity (Wildman–Crippen MR) is 103 cm³/mol. The zero-order valence-corrected chi connectivity index (χ0v) is 16.9. The van der Waals surface area contributed by atoms with E-state index in [4.69, 9.17) is 21.1 Å². The van der Waals surface area contributed by atoms with E-state index in [0.717, 1.165) is 11.0 Å². The lowest BCUT2D eigenvalue weighted by Crippen LogP contribution is -2.47. The Bertz CT molecular complexity index is 999. The first kappa shape index (κ1) is 21.7. The average Bonchev–Trinajstić information content (AvgIpc) is 3.07. The van der Waals surface area contributed by atoms with Gasteiger partial charge in [-0.15, -0.1) is 0 Å². The number of hydrogen-bond acceptors (Lipinski definition) is 5. The molecule has 0 saturated carbocycles. The van der Waals surface area contributed by atoms with Crippen LogP contribution < -0.4 is 14.5 Å². The lowest BCUT2D eigenvalue weighted by atomic mass is 10.2. The van der Waals surface area contributed by atoms with Gasteiger partial charge in [0.25, 0.3) is 5.91 Å². The van der Waals surface area contributed by atoms with Gasteiger partial charge in [0.1, 0.15) is 18.2 Å². The van der Waals surface area contributed by atoms with E-state index in [0.29, 0.717) is 22.5 Å². The van der Waals surface area contributed by atoms with Gasteiger partial charge >= 0.3 is 12.3 Å². The van der Waals surface area contributed by atoms with Crippen LogP contribution in [0, 0.1) is 6.92 Å². The molecule has 0 unspecified atom stereocenters. The highest BCUT2D eigenvalue weighted by Gasteiger charge is 2.43. The van der Waals surface area contributed by atoms with E-state index in [-0.39, 0.29) is 18.1 Å². The molecule has 3 rings (SSSR count). The van der Waals surface area contributed by atoms with Crippen molar-refractivity contribution in [1.82, 2.24) is 4.98 Å². The summed E-state index contributed by atoms with van der Waals surface area (Å²) >= 11 is 5.99. The van der Waals surface area contributed by atoms with Crippen molar-refractivity contribution >= 4 is 35.1 Å². The number of methoxy groups -OCH3 is 1. The minimum Gasteiger partial charge on any atom is -0.495 e. The summed E-state index contributed by atoms with van der Waals surface area (Å²) in [6.45, 7) is 1.03. The third-order valence-corrected chi connectivity index (χ3v) is 4.84. The van der Waals surface area contributed by atoms with Gasteiger partial charge in [0.05, 0.1) is 17.7 Å². The molecular weight excluding hydrogens is 427 g/mol. The molecular formula is C19H17ClF3N3O4. The maximum Gasteiger partial charge on any atom is 0.416 e. The number of benzene rings is 1. The summed E-state index contributed by atoms with van der Waals surface area (Å²) in [6, 6.07) is 5.00. The van der Waals surface area contributed by atoms with E-state index < -0.39 is 29.8 Å². The van der Waals surface area contributed by atoms with Gasteiger partial charge in [0.2, 0.25) is 0 Å². The number of rotatable bonds is 4. The summed E-state index contributed by atoms with van der Waals surface area (Å²) < 4.78 is 49.6. The molecule has 2 heterocycles. The molecule has 1 aromatic carbocycles. The van der Waals surface area contributed by atoms with Crippen LogP contribution in [0.3, 0.4) is 0 Å². The Morgan fingerprint density at radius 2 is 2.03 bits per heavy atom. The molecule has 2 amide bonds. The zero-order chi connectivity index (χ0) is 22.2. The predicted octanol–water partition coefficient (Wildman–Crippen LogP) is 4.06. The number of anilines is 2. The Hall–Kier alpha value is -3.01. The van der Waals surface area contributed by atoms with E-state index in [2.05, 4.69) is 4.98 Å². The first-order valence-electron chi connectivity index (χ1n) is 8.66. The molecule has 30 heavy (non-hydrogen) atoms. The quantitative estimate of drug-likeness (QED) is 0.712. The van der Waals surface area contributed by atoms with Crippen LogP contribution in [0.15, 0.2) is 30.3 Å². The summed E-state index contributed by atoms with van der Waals surface area (Å²) in [7, 11) is 2.87. The van der Waals surface area contributed by atoms with Crippen LogP contribution in [-0.4, -0.2) is 43.8 Å². The fourth-order valence-electron chi connectivity index (χ4n) is 3.00. The average molecular weight is 444 g/mol. The maximum atomic E-state index is 13.2. The fraction of sp³-hybridized carbons (Fsp3) is 0.316. The standard InChI is InChI=1S/C19H17ClF3N3O4/c1-10-6-11(19(21,22)23)7-16(24-10)26-14(9-30-18(26)28)17(27)25(2)12-4-5-13(20)15(8-12)29-3/h4-8,14H,9H2,1-3H3/t14-/m0/s1. The van der Waals surface area contributed by atoms with Crippen molar-refractivity contribution in [2.75, 3.05) is 30.6 Å². The minimum atomic E-state index is -4.64. The highest BCUT2D eigenvalue weighted by molar-refractivity contribution is 6.32. The smallest absolute Gasteiger partial charge is 0.416 e. The van der Waals surface area contributed by atoms with E-state index in [9.17, 15) is 22.8 Å². The number of amides is 2. The molecule has 1 aromatic heterocycles. The number of hydrogen-bond donors (Lipinski definition) is 0. The van der Waals surface area contributed by atoms with Crippen molar-refractivity contribution in [3.63, 3.8) is 0 Å². The third kappa shape index (κ3) is 4.13. The summed E-state index contributed by atoms with van der Waals surface area (Å²) in [5.74, 6) is -0.563. The van der Waals surface area contributed by atoms with Crippen molar-refractivity contribution in [2.24, 2.45) is 0 Å². The minimum absolute atomic E-state index is 0.0431. The van der Waals surface area contributed by atoms with Crippen LogP contribution >= 0.6 is 11.6 Å². The molecule has 0 radical (unpaired) electrons. The number of aryl methyl sites for hydroxylation is 1. The van der Waals surface area contributed by atoms with Gasteiger partial charge in [-0.3, -0.25) is 4.79 Å². The first-order valence-corrected chi connectivity index (χ1v) is 9.03. The lowest BCUT2D eigenvalue weighted by Gasteiger charge is -2.26. The van der Waals surface area contributed by atoms with Crippen LogP contribution in [0.25, 0.3) is 0 Å². The Kier molecular flexibility index (Phi) is 5.80. The Balaban J connectivity index is 1.95. The molecule has 0 aliphatic carbocycles. The Morgan fingerprint density at radius 1 is 1.33 bits per heavy atom. The largest absolute Gasteiger partial charge is 0.495 e. The number of aromatic nitrogens is 1. The molecule has 1 aliphatic rings. The number of nitrogens with zero attached hydrogens (tertiary/aromatic N) is 3. The summed E-state index contributed by atoms with van der Waals surface area (Å²) in [5, 5.41) is 0.340. The van der Waals surface area contributed by atoms with Crippen molar-refractivity contribution in [3.05, 3.63) is 46.6 Å². The topological polar surface area (TPSA) is 72.0 Å². The van der Waals surface area contributed by atoms with Gasteiger partial charge in [-0.1, -0.05) is 11.6 Å². The van der Waals surface area contributed by atoms with E-state index in [1.54, 1.807) is 6.07 Å². The normalized spacial score (nSPS) is 16.4. The molecule has 1 saturated heterocycles. The number of cyclic esters (lactones) is 1. The number of ether oxygens (including phenoxy) is 2. The number of carbonyl (C=O) groups excluding carboxylic acids is 2. The fourth-order valence-corrected chi connectivity index (χ4v) is 3.20. The maximum absolute atomic E-state index is 13.2. The van der Waals surface area contributed by atoms with Crippen molar-refractivity contribution in [1.29, 1.82) is 0 Å². The van der Waals surface area contributed by atoms with Gasteiger partial charge in [-0.05, 0) is 31.2 Å². The SMILES string of the molecule is COc1cc(N(C)C(=O)[C@@H]2COC(=O)N2c2cc(C(F)(F)F)cc(C)n2)ccc1Cl. The summed E-state index contributed by atoms with van der Waals surface area (Å²) in [6.07, 6.45) is -5.59. The number of carbonyl (C=O) groups is 2. The molecule has 160 valence electrons. The van der Waals surface area contributed by atoms with Crippen molar-refractivity contribution in [3.8, 4) is 5.75 Å². The molecule has 0 bridgehead atoms. The first-order chi connectivity index (χ1) is 14.0.